The Balaban J connectivity index is 1.99. The third kappa shape index (κ3) is 5.36. The lowest BCUT2D eigenvalue weighted by molar-refractivity contribution is 0.105. The molecule has 0 saturated carbocycles. The first-order valence-corrected chi connectivity index (χ1v) is 11.1. The van der Waals surface area contributed by atoms with E-state index >= 15 is 0 Å². The van der Waals surface area contributed by atoms with Gasteiger partial charge in [0.2, 0.25) is 0 Å². The molecule has 0 spiro atoms. The molecule has 0 atom stereocenters. The van der Waals surface area contributed by atoms with Crippen molar-refractivity contribution in [1.82, 2.24) is 0 Å². The highest BCUT2D eigenvalue weighted by Crippen LogP contribution is 2.32. The summed E-state index contributed by atoms with van der Waals surface area (Å²) in [5.74, 6) is 0.720. The van der Waals surface area contributed by atoms with Gasteiger partial charge in [-0.15, -0.1) is 0 Å². The standard InChI is InChI=1S/C31H26O2/c1-2-33-31(27-21-13-6-14-22-27)29(25-17-9-4-10-18-25)23-28(24-15-7-3-8-16-24)30(32)26-19-11-5-12-20-26/h3-23H,2H2,1H3/b28-23-,31-29+. The molecule has 0 fully saturated rings. The highest BCUT2D eigenvalue weighted by molar-refractivity contribution is 6.30. The van der Waals surface area contributed by atoms with Crippen molar-refractivity contribution in [3.05, 3.63) is 150 Å². The Morgan fingerprint density at radius 2 is 1.03 bits per heavy atom. The molecule has 2 nitrogen and oxygen atoms in total. The van der Waals surface area contributed by atoms with Crippen LogP contribution in [0.2, 0.25) is 0 Å². The Labute approximate surface area is 195 Å². The van der Waals surface area contributed by atoms with E-state index in [-0.39, 0.29) is 5.78 Å². The molecule has 0 heterocycles. The van der Waals surface area contributed by atoms with Gasteiger partial charge in [-0.25, -0.2) is 0 Å². The minimum atomic E-state index is -0.0286. The van der Waals surface area contributed by atoms with E-state index in [2.05, 4.69) is 0 Å². The number of Topliss-reactive ketones (excluding diaryl/α,β-unsaturated/α-hetero) is 1. The maximum atomic E-state index is 13.7. The zero-order valence-electron chi connectivity index (χ0n) is 18.6. The maximum Gasteiger partial charge on any atom is 0.193 e. The van der Waals surface area contributed by atoms with Gasteiger partial charge in [0.05, 0.1) is 6.61 Å². The van der Waals surface area contributed by atoms with E-state index in [9.17, 15) is 4.79 Å². The minimum absolute atomic E-state index is 0.0286. The Hall–Kier alpha value is -4.17. The van der Waals surface area contributed by atoms with E-state index in [0.29, 0.717) is 17.7 Å². The second-order valence-corrected chi connectivity index (χ2v) is 7.53. The molecule has 0 unspecified atom stereocenters. The summed E-state index contributed by atoms with van der Waals surface area (Å²) in [7, 11) is 0. The SMILES string of the molecule is CCO/C(=C(\C=C(/C(=O)c1ccccc1)c1ccccc1)c1ccccc1)c1ccccc1. The summed E-state index contributed by atoms with van der Waals surface area (Å²) in [5, 5.41) is 0. The largest absolute Gasteiger partial charge is 0.493 e. The van der Waals surface area contributed by atoms with Crippen molar-refractivity contribution >= 4 is 22.7 Å². The first kappa shape index (κ1) is 22.0. The van der Waals surface area contributed by atoms with Gasteiger partial charge in [0.15, 0.2) is 5.78 Å². The van der Waals surface area contributed by atoms with Gasteiger partial charge in [0.1, 0.15) is 5.76 Å². The van der Waals surface area contributed by atoms with Gasteiger partial charge < -0.3 is 4.74 Å². The zero-order valence-corrected chi connectivity index (χ0v) is 18.6. The molecule has 0 bridgehead atoms. The topological polar surface area (TPSA) is 26.3 Å². The highest BCUT2D eigenvalue weighted by atomic mass is 16.5. The van der Waals surface area contributed by atoms with Crippen LogP contribution in [-0.4, -0.2) is 12.4 Å². The average Bonchev–Trinajstić information content (AvgIpc) is 2.90. The van der Waals surface area contributed by atoms with E-state index in [1.54, 1.807) is 0 Å². The van der Waals surface area contributed by atoms with Gasteiger partial charge in [-0.2, -0.15) is 0 Å². The average molecular weight is 431 g/mol. The summed E-state index contributed by atoms with van der Waals surface area (Å²) < 4.78 is 6.19. The number of ketones is 1. The van der Waals surface area contributed by atoms with Gasteiger partial charge >= 0.3 is 0 Å². The fourth-order valence-electron chi connectivity index (χ4n) is 3.74. The van der Waals surface area contributed by atoms with Crippen molar-refractivity contribution in [3.63, 3.8) is 0 Å². The number of allylic oxidation sites excluding steroid dienone is 3. The molecule has 33 heavy (non-hydrogen) atoms. The lowest BCUT2D eigenvalue weighted by Crippen LogP contribution is -2.04. The van der Waals surface area contributed by atoms with Gasteiger partial charge in [-0.3, -0.25) is 4.79 Å². The molecule has 0 amide bonds. The lowest BCUT2D eigenvalue weighted by Gasteiger charge is -2.16. The third-order valence-corrected chi connectivity index (χ3v) is 5.31. The van der Waals surface area contributed by atoms with Crippen molar-refractivity contribution < 1.29 is 9.53 Å². The number of carbonyl (C=O) groups is 1. The first-order chi connectivity index (χ1) is 16.3. The molecular formula is C31H26O2. The normalized spacial score (nSPS) is 12.1. The molecule has 0 radical (unpaired) electrons. The fraction of sp³-hybridized carbons (Fsp3) is 0.0645. The number of hydrogen-bond donors (Lipinski definition) is 0. The van der Waals surface area contributed by atoms with Crippen LogP contribution in [-0.2, 0) is 4.74 Å². The summed E-state index contributed by atoms with van der Waals surface area (Å²) in [6.07, 6.45) is 1.97. The molecular weight excluding hydrogens is 404 g/mol. The fourth-order valence-corrected chi connectivity index (χ4v) is 3.74. The van der Waals surface area contributed by atoms with Crippen LogP contribution in [0.3, 0.4) is 0 Å². The summed E-state index contributed by atoms with van der Waals surface area (Å²) in [5.41, 5.74) is 4.95. The second-order valence-electron chi connectivity index (χ2n) is 7.53. The lowest BCUT2D eigenvalue weighted by atomic mass is 9.91. The van der Waals surface area contributed by atoms with E-state index < -0.39 is 0 Å². The van der Waals surface area contributed by atoms with Crippen molar-refractivity contribution in [1.29, 1.82) is 0 Å². The number of rotatable bonds is 8. The highest BCUT2D eigenvalue weighted by Gasteiger charge is 2.18. The predicted octanol–water partition coefficient (Wildman–Crippen LogP) is 7.56. The Kier molecular flexibility index (Phi) is 7.29. The van der Waals surface area contributed by atoms with Crippen LogP contribution < -0.4 is 0 Å². The molecule has 0 aromatic heterocycles. The summed E-state index contributed by atoms with van der Waals surface area (Å²) in [4.78, 5) is 13.7. The number of benzene rings is 4. The first-order valence-electron chi connectivity index (χ1n) is 11.1. The van der Waals surface area contributed by atoms with Crippen LogP contribution in [0, 0.1) is 0 Å². The monoisotopic (exact) mass is 430 g/mol. The molecule has 0 N–H and O–H groups in total. The van der Waals surface area contributed by atoms with Gasteiger partial charge in [-0.1, -0.05) is 121 Å². The number of hydrogen-bond acceptors (Lipinski definition) is 2. The van der Waals surface area contributed by atoms with Gasteiger partial charge in [-0.05, 0) is 24.1 Å². The summed E-state index contributed by atoms with van der Waals surface area (Å²) >= 11 is 0. The smallest absolute Gasteiger partial charge is 0.193 e. The molecule has 0 saturated heterocycles. The van der Waals surface area contributed by atoms with Crippen molar-refractivity contribution in [2.24, 2.45) is 0 Å². The number of ether oxygens (including phenoxy) is 1. The van der Waals surface area contributed by atoms with Crippen molar-refractivity contribution in [3.8, 4) is 0 Å². The van der Waals surface area contributed by atoms with Crippen LogP contribution in [0.15, 0.2) is 127 Å². The zero-order chi connectivity index (χ0) is 22.9. The van der Waals surface area contributed by atoms with Crippen LogP contribution in [0.5, 0.6) is 0 Å². The summed E-state index contributed by atoms with van der Waals surface area (Å²) in [6.45, 7) is 2.49. The quantitative estimate of drug-likeness (QED) is 0.0948. The number of carbonyl (C=O) groups excluding carboxylic acids is 1. The van der Waals surface area contributed by atoms with Gasteiger partial charge in [0, 0.05) is 22.3 Å². The van der Waals surface area contributed by atoms with Gasteiger partial charge in [0.25, 0.3) is 0 Å². The maximum absolute atomic E-state index is 13.7. The van der Waals surface area contributed by atoms with Crippen LogP contribution in [0.25, 0.3) is 16.9 Å². The van der Waals surface area contributed by atoms with Crippen molar-refractivity contribution in [2.45, 2.75) is 6.92 Å². The minimum Gasteiger partial charge on any atom is -0.493 e. The Morgan fingerprint density at radius 1 is 0.606 bits per heavy atom. The van der Waals surface area contributed by atoms with E-state index in [1.807, 2.05) is 134 Å². The Bertz CT molecular complexity index is 1240. The molecule has 4 aromatic carbocycles. The van der Waals surface area contributed by atoms with E-state index in [4.69, 9.17) is 4.74 Å². The third-order valence-electron chi connectivity index (χ3n) is 5.31. The van der Waals surface area contributed by atoms with E-state index in [0.717, 1.165) is 28.0 Å². The molecule has 0 aliphatic heterocycles. The van der Waals surface area contributed by atoms with Crippen molar-refractivity contribution in [2.75, 3.05) is 6.61 Å². The van der Waals surface area contributed by atoms with Crippen LogP contribution in [0.1, 0.15) is 34.0 Å². The van der Waals surface area contributed by atoms with Crippen LogP contribution >= 0.6 is 0 Å². The molecule has 0 aliphatic rings. The summed E-state index contributed by atoms with van der Waals surface area (Å²) in [6, 6.07) is 39.3. The predicted molar refractivity (Wildman–Crippen MR) is 137 cm³/mol. The second kappa shape index (κ2) is 10.9. The molecule has 162 valence electrons. The molecule has 4 aromatic rings. The molecule has 4 rings (SSSR count). The molecule has 2 heteroatoms. The Morgan fingerprint density at radius 3 is 1.52 bits per heavy atom. The van der Waals surface area contributed by atoms with Crippen LogP contribution in [0.4, 0.5) is 0 Å². The van der Waals surface area contributed by atoms with E-state index in [1.165, 1.54) is 0 Å². The molecule has 0 aliphatic carbocycles.